The Balaban J connectivity index is 1.36. The summed E-state index contributed by atoms with van der Waals surface area (Å²) in [7, 11) is 0. The van der Waals surface area contributed by atoms with E-state index in [2.05, 4.69) is 15.1 Å². The molecule has 3 rings (SSSR count). The Morgan fingerprint density at radius 1 is 0.962 bits per heavy atom. The molecular weight excluding hydrogens is 369 g/mol. The van der Waals surface area contributed by atoms with Gasteiger partial charge in [0.25, 0.3) is 0 Å². The van der Waals surface area contributed by atoms with Crippen molar-refractivity contribution < 1.29 is 4.79 Å². The van der Waals surface area contributed by atoms with Crippen molar-refractivity contribution in [3.05, 3.63) is 28.2 Å². The lowest BCUT2D eigenvalue weighted by Gasteiger charge is -2.32. The number of anilines is 1. The molecule has 1 amide bonds. The SMILES string of the molecule is O=C(Nc1ccc(Cl)c(Cl)c1)C1CCN(CCCN2CCCCC2)CC1. The summed E-state index contributed by atoms with van der Waals surface area (Å²) in [5.74, 6) is 0.180. The predicted octanol–water partition coefficient (Wildman–Crippen LogP) is 4.52. The van der Waals surface area contributed by atoms with Crippen LogP contribution in [0.5, 0.6) is 0 Å². The van der Waals surface area contributed by atoms with Crippen molar-refractivity contribution in [2.45, 2.75) is 38.5 Å². The lowest BCUT2D eigenvalue weighted by atomic mass is 9.95. The first-order valence-electron chi connectivity index (χ1n) is 9.82. The van der Waals surface area contributed by atoms with Gasteiger partial charge in [-0.15, -0.1) is 0 Å². The minimum atomic E-state index is 0.0859. The molecule has 6 heteroatoms. The second kappa shape index (κ2) is 9.93. The van der Waals surface area contributed by atoms with Gasteiger partial charge in [0, 0.05) is 11.6 Å². The summed E-state index contributed by atoms with van der Waals surface area (Å²) in [5, 5.41) is 3.94. The van der Waals surface area contributed by atoms with Crippen molar-refractivity contribution in [2.24, 2.45) is 5.92 Å². The maximum absolute atomic E-state index is 12.5. The van der Waals surface area contributed by atoms with E-state index in [9.17, 15) is 4.79 Å². The minimum Gasteiger partial charge on any atom is -0.326 e. The predicted molar refractivity (Wildman–Crippen MR) is 109 cm³/mol. The van der Waals surface area contributed by atoms with Crippen LogP contribution in [-0.4, -0.2) is 55.0 Å². The number of halogens is 2. The first-order chi connectivity index (χ1) is 12.6. The summed E-state index contributed by atoms with van der Waals surface area (Å²) < 4.78 is 0. The number of rotatable bonds is 6. The number of nitrogens with zero attached hydrogens (tertiary/aromatic N) is 2. The number of hydrogen-bond acceptors (Lipinski definition) is 3. The summed E-state index contributed by atoms with van der Waals surface area (Å²) in [6.45, 7) is 6.95. The maximum atomic E-state index is 12.5. The molecule has 1 aromatic rings. The molecule has 2 aliphatic heterocycles. The molecule has 144 valence electrons. The van der Waals surface area contributed by atoms with E-state index in [1.54, 1.807) is 18.2 Å². The van der Waals surface area contributed by atoms with E-state index in [1.165, 1.54) is 45.3 Å². The quantitative estimate of drug-likeness (QED) is 0.765. The van der Waals surface area contributed by atoms with Gasteiger partial charge in [0.05, 0.1) is 10.0 Å². The van der Waals surface area contributed by atoms with Crippen LogP contribution in [0.1, 0.15) is 38.5 Å². The molecule has 2 saturated heterocycles. The number of amides is 1. The molecule has 2 heterocycles. The van der Waals surface area contributed by atoms with Crippen molar-refractivity contribution >= 4 is 34.8 Å². The Morgan fingerprint density at radius 3 is 2.27 bits per heavy atom. The van der Waals surface area contributed by atoms with Crippen molar-refractivity contribution in [1.29, 1.82) is 0 Å². The van der Waals surface area contributed by atoms with Crippen LogP contribution in [-0.2, 0) is 4.79 Å². The third-order valence-electron chi connectivity index (χ3n) is 5.54. The fourth-order valence-electron chi connectivity index (χ4n) is 3.94. The third kappa shape index (κ3) is 5.85. The van der Waals surface area contributed by atoms with E-state index < -0.39 is 0 Å². The molecule has 26 heavy (non-hydrogen) atoms. The fraction of sp³-hybridized carbons (Fsp3) is 0.650. The normalized spacial score (nSPS) is 20.2. The molecule has 0 radical (unpaired) electrons. The van der Waals surface area contributed by atoms with Crippen LogP contribution in [0.3, 0.4) is 0 Å². The van der Waals surface area contributed by atoms with Crippen LogP contribution in [0.4, 0.5) is 5.69 Å². The van der Waals surface area contributed by atoms with Crippen LogP contribution < -0.4 is 5.32 Å². The number of benzene rings is 1. The van der Waals surface area contributed by atoms with E-state index in [-0.39, 0.29) is 11.8 Å². The molecule has 0 unspecified atom stereocenters. The first-order valence-corrected chi connectivity index (χ1v) is 10.6. The molecule has 1 N–H and O–H groups in total. The average molecular weight is 398 g/mol. The molecule has 0 atom stereocenters. The van der Waals surface area contributed by atoms with Gasteiger partial charge in [0.15, 0.2) is 0 Å². The van der Waals surface area contributed by atoms with Crippen molar-refractivity contribution in [3.8, 4) is 0 Å². The van der Waals surface area contributed by atoms with Crippen LogP contribution in [0.25, 0.3) is 0 Å². The van der Waals surface area contributed by atoms with Crippen molar-refractivity contribution in [1.82, 2.24) is 9.80 Å². The summed E-state index contributed by atoms with van der Waals surface area (Å²) >= 11 is 11.9. The number of carbonyl (C=O) groups is 1. The maximum Gasteiger partial charge on any atom is 0.227 e. The molecule has 0 spiro atoms. The molecule has 4 nitrogen and oxygen atoms in total. The lowest BCUT2D eigenvalue weighted by molar-refractivity contribution is -0.121. The topological polar surface area (TPSA) is 35.6 Å². The lowest BCUT2D eigenvalue weighted by Crippen LogP contribution is -2.39. The Morgan fingerprint density at radius 2 is 1.62 bits per heavy atom. The number of carbonyl (C=O) groups excluding carboxylic acids is 1. The van der Waals surface area contributed by atoms with Gasteiger partial charge in [-0.25, -0.2) is 0 Å². The van der Waals surface area contributed by atoms with E-state index in [0.29, 0.717) is 15.7 Å². The van der Waals surface area contributed by atoms with Gasteiger partial charge in [-0.1, -0.05) is 29.6 Å². The third-order valence-corrected chi connectivity index (χ3v) is 6.28. The van der Waals surface area contributed by atoms with Crippen molar-refractivity contribution in [3.63, 3.8) is 0 Å². The molecule has 0 aliphatic carbocycles. The number of likely N-dealkylation sites (tertiary alicyclic amines) is 2. The molecule has 0 saturated carbocycles. The largest absolute Gasteiger partial charge is 0.326 e. The van der Waals surface area contributed by atoms with E-state index >= 15 is 0 Å². The summed E-state index contributed by atoms with van der Waals surface area (Å²) in [6.07, 6.45) is 7.21. The minimum absolute atomic E-state index is 0.0859. The van der Waals surface area contributed by atoms with Gasteiger partial charge in [0.1, 0.15) is 0 Å². The standard InChI is InChI=1S/C20H29Cl2N3O/c21-18-6-5-17(15-19(18)22)23-20(26)16-7-13-25(14-8-16)12-4-11-24-9-2-1-3-10-24/h5-6,15-16H,1-4,7-14H2,(H,23,26). The zero-order chi connectivity index (χ0) is 18.4. The van der Waals surface area contributed by atoms with E-state index in [0.717, 1.165) is 32.5 Å². The van der Waals surface area contributed by atoms with Crippen LogP contribution in [0, 0.1) is 5.92 Å². The average Bonchev–Trinajstić information content (AvgIpc) is 2.66. The molecule has 0 aromatic heterocycles. The second-order valence-electron chi connectivity index (χ2n) is 7.49. The van der Waals surface area contributed by atoms with Gasteiger partial charge in [-0.3, -0.25) is 4.79 Å². The van der Waals surface area contributed by atoms with Gasteiger partial charge in [-0.2, -0.15) is 0 Å². The highest BCUT2D eigenvalue weighted by atomic mass is 35.5. The smallest absolute Gasteiger partial charge is 0.227 e. The first kappa shape index (κ1) is 19.9. The fourth-order valence-corrected chi connectivity index (χ4v) is 4.24. The van der Waals surface area contributed by atoms with Gasteiger partial charge < -0.3 is 15.1 Å². The summed E-state index contributed by atoms with van der Waals surface area (Å²) in [5.41, 5.74) is 0.716. The summed E-state index contributed by atoms with van der Waals surface area (Å²) in [4.78, 5) is 17.6. The van der Waals surface area contributed by atoms with E-state index in [4.69, 9.17) is 23.2 Å². The van der Waals surface area contributed by atoms with Crippen LogP contribution in [0.15, 0.2) is 18.2 Å². The molecule has 2 fully saturated rings. The number of hydrogen-bond donors (Lipinski definition) is 1. The van der Waals surface area contributed by atoms with Crippen molar-refractivity contribution in [2.75, 3.05) is 44.6 Å². The number of piperidine rings is 2. The highest BCUT2D eigenvalue weighted by molar-refractivity contribution is 6.42. The van der Waals surface area contributed by atoms with Crippen LogP contribution >= 0.6 is 23.2 Å². The van der Waals surface area contributed by atoms with E-state index in [1.807, 2.05) is 0 Å². The molecular formula is C20H29Cl2N3O. The Labute approximate surface area is 166 Å². The Hall–Kier alpha value is -0.810. The zero-order valence-corrected chi connectivity index (χ0v) is 16.9. The molecule has 1 aromatic carbocycles. The van der Waals surface area contributed by atoms with Crippen LogP contribution in [0.2, 0.25) is 10.0 Å². The highest BCUT2D eigenvalue weighted by Crippen LogP contribution is 2.26. The monoisotopic (exact) mass is 397 g/mol. The Bertz CT molecular complexity index is 597. The van der Waals surface area contributed by atoms with Gasteiger partial charge in [0.2, 0.25) is 5.91 Å². The highest BCUT2D eigenvalue weighted by Gasteiger charge is 2.25. The van der Waals surface area contributed by atoms with Gasteiger partial charge in [-0.05, 0) is 89.6 Å². The molecule has 0 bridgehead atoms. The second-order valence-corrected chi connectivity index (χ2v) is 8.30. The Kier molecular flexibility index (Phi) is 7.62. The zero-order valence-electron chi connectivity index (χ0n) is 15.4. The summed E-state index contributed by atoms with van der Waals surface area (Å²) in [6, 6.07) is 5.21. The molecule has 2 aliphatic rings. The van der Waals surface area contributed by atoms with Gasteiger partial charge >= 0.3 is 0 Å². The number of nitrogens with one attached hydrogen (secondary N) is 1.